The lowest BCUT2D eigenvalue weighted by Gasteiger charge is -2.14. The number of aliphatic hydroxyl groups is 1. The van der Waals surface area contributed by atoms with E-state index in [-0.39, 0.29) is 11.8 Å². The van der Waals surface area contributed by atoms with E-state index in [2.05, 4.69) is 41.6 Å². The second-order valence-electron chi connectivity index (χ2n) is 11.5. The number of carboxylic acids is 1. The van der Waals surface area contributed by atoms with Crippen molar-refractivity contribution in [3.63, 3.8) is 0 Å². The third kappa shape index (κ3) is 6.55. The maximum absolute atomic E-state index is 11.3. The highest BCUT2D eigenvalue weighted by Crippen LogP contribution is 2.51. The summed E-state index contributed by atoms with van der Waals surface area (Å²) >= 11 is 0. The zero-order chi connectivity index (χ0) is 29.8. The number of carbonyl (C=O) groups is 1. The molecular weight excluding hydrogens is 538 g/mol. The van der Waals surface area contributed by atoms with Crippen molar-refractivity contribution in [2.45, 2.75) is 57.0 Å². The van der Waals surface area contributed by atoms with Crippen LogP contribution in [0.5, 0.6) is 11.5 Å². The van der Waals surface area contributed by atoms with E-state index >= 15 is 0 Å². The number of aryl methyl sites for hydroxylation is 2. The first-order chi connectivity index (χ1) is 20.9. The molecule has 5 aromatic rings. The van der Waals surface area contributed by atoms with Gasteiger partial charge in [-0.1, -0.05) is 84.0 Å². The van der Waals surface area contributed by atoms with E-state index in [0.717, 1.165) is 65.0 Å². The molecule has 43 heavy (non-hydrogen) atoms. The lowest BCUT2D eigenvalue weighted by atomic mass is 9.90. The van der Waals surface area contributed by atoms with Crippen LogP contribution in [0, 0.1) is 6.92 Å². The molecule has 1 unspecified atom stereocenters. The van der Waals surface area contributed by atoms with Crippen LogP contribution in [0.15, 0.2) is 108 Å². The maximum atomic E-state index is 11.3. The Labute approximate surface area is 251 Å². The Balaban J connectivity index is 1.07. The van der Waals surface area contributed by atoms with Gasteiger partial charge in [-0.05, 0) is 85.5 Å². The van der Waals surface area contributed by atoms with Gasteiger partial charge >= 0.3 is 5.97 Å². The van der Waals surface area contributed by atoms with Crippen molar-refractivity contribution in [2.75, 3.05) is 0 Å². The van der Waals surface area contributed by atoms with Gasteiger partial charge in [0, 0.05) is 11.0 Å². The van der Waals surface area contributed by atoms with Crippen molar-refractivity contribution in [3.05, 3.63) is 126 Å². The summed E-state index contributed by atoms with van der Waals surface area (Å²) in [5, 5.41) is 24.6. The first-order valence-electron chi connectivity index (χ1n) is 14.8. The number of carboxylic acid groups (broad SMARTS) is 1. The Bertz CT molecular complexity index is 1670. The predicted octanol–water partition coefficient (Wildman–Crippen LogP) is 8.67. The zero-order valence-corrected chi connectivity index (χ0v) is 24.2. The average molecular weight is 574 g/mol. The van der Waals surface area contributed by atoms with Crippen molar-refractivity contribution in [1.82, 2.24) is 5.16 Å². The van der Waals surface area contributed by atoms with Gasteiger partial charge in [0.1, 0.15) is 11.5 Å². The molecule has 0 saturated heterocycles. The molecule has 2 N–H and O–H groups in total. The molecule has 1 saturated carbocycles. The van der Waals surface area contributed by atoms with Gasteiger partial charge in [0.25, 0.3) is 0 Å². The number of para-hydroxylation sites is 1. The number of nitrogens with zero attached hydrogens (tertiary/aromatic N) is 1. The Hall–Kier alpha value is -4.68. The topological polar surface area (TPSA) is 92.8 Å². The monoisotopic (exact) mass is 573 g/mol. The third-order valence-electron chi connectivity index (χ3n) is 8.41. The van der Waals surface area contributed by atoms with Crippen molar-refractivity contribution in [3.8, 4) is 33.9 Å². The van der Waals surface area contributed by atoms with Crippen molar-refractivity contribution in [2.24, 2.45) is 0 Å². The average Bonchev–Trinajstić information content (AvgIpc) is 3.69. The Morgan fingerprint density at radius 1 is 0.860 bits per heavy atom. The largest absolute Gasteiger partial charge is 0.481 e. The second kappa shape index (κ2) is 12.3. The highest BCUT2D eigenvalue weighted by molar-refractivity contribution is 5.72. The fraction of sp³-hybridized carbons (Fsp3) is 0.243. The predicted molar refractivity (Wildman–Crippen MR) is 166 cm³/mol. The molecule has 6 nitrogen and oxygen atoms in total. The van der Waals surface area contributed by atoms with Crippen LogP contribution in [0.3, 0.4) is 0 Å². The van der Waals surface area contributed by atoms with Gasteiger partial charge in [0.2, 0.25) is 0 Å². The molecule has 4 aromatic carbocycles. The number of ether oxygens (including phenoxy) is 1. The molecule has 218 valence electrons. The number of aromatic nitrogens is 1. The summed E-state index contributed by atoms with van der Waals surface area (Å²) in [4.78, 5) is 11.3. The molecule has 1 fully saturated rings. The summed E-state index contributed by atoms with van der Waals surface area (Å²) in [7, 11) is 0. The minimum absolute atomic E-state index is 0.184. The molecule has 6 heteroatoms. The molecule has 0 amide bonds. The third-order valence-corrected chi connectivity index (χ3v) is 8.41. The molecule has 1 aliphatic carbocycles. The second-order valence-corrected chi connectivity index (χ2v) is 11.5. The van der Waals surface area contributed by atoms with E-state index in [4.69, 9.17) is 9.26 Å². The van der Waals surface area contributed by atoms with Gasteiger partial charge in [0.15, 0.2) is 5.76 Å². The molecule has 0 radical (unpaired) electrons. The van der Waals surface area contributed by atoms with Crippen LogP contribution in [-0.2, 0) is 16.6 Å². The molecule has 0 bridgehead atoms. The fourth-order valence-electron chi connectivity index (χ4n) is 5.81. The molecule has 0 aliphatic heterocycles. The highest BCUT2D eigenvalue weighted by Gasteiger charge is 2.45. The molecule has 1 aromatic heterocycles. The first-order valence-corrected chi connectivity index (χ1v) is 14.8. The van der Waals surface area contributed by atoms with Crippen LogP contribution < -0.4 is 4.74 Å². The van der Waals surface area contributed by atoms with Crippen LogP contribution in [-0.4, -0.2) is 21.3 Å². The van der Waals surface area contributed by atoms with Gasteiger partial charge in [-0.2, -0.15) is 0 Å². The first kappa shape index (κ1) is 28.4. The number of benzene rings is 4. The van der Waals surface area contributed by atoms with Gasteiger partial charge < -0.3 is 19.5 Å². The Morgan fingerprint density at radius 3 is 2.09 bits per heavy atom. The molecular formula is C37H35NO5. The summed E-state index contributed by atoms with van der Waals surface area (Å²) in [5.74, 6) is 1.45. The van der Waals surface area contributed by atoms with Crippen LogP contribution in [0.4, 0.5) is 0 Å². The summed E-state index contributed by atoms with van der Waals surface area (Å²) < 4.78 is 11.6. The van der Waals surface area contributed by atoms with Crippen LogP contribution >= 0.6 is 0 Å². The lowest BCUT2D eigenvalue weighted by Crippen LogP contribution is -2.12. The minimum Gasteiger partial charge on any atom is -0.481 e. The van der Waals surface area contributed by atoms with Crippen LogP contribution in [0.2, 0.25) is 0 Å². The minimum atomic E-state index is -0.746. The quantitative estimate of drug-likeness (QED) is 0.155. The summed E-state index contributed by atoms with van der Waals surface area (Å²) in [5.41, 5.74) is 6.50. The highest BCUT2D eigenvalue weighted by atomic mass is 16.5. The van der Waals surface area contributed by atoms with Crippen molar-refractivity contribution >= 4 is 5.97 Å². The number of hydrogen-bond acceptors (Lipinski definition) is 5. The number of aliphatic hydroxyl groups excluding tert-OH is 1. The van der Waals surface area contributed by atoms with E-state index in [1.165, 1.54) is 5.56 Å². The Morgan fingerprint density at radius 2 is 1.47 bits per heavy atom. The Kier molecular flexibility index (Phi) is 8.12. The molecule has 1 atom stereocenters. The maximum Gasteiger partial charge on any atom is 0.304 e. The van der Waals surface area contributed by atoms with Crippen LogP contribution in [0.25, 0.3) is 22.5 Å². The number of aliphatic carboxylic acids is 1. The van der Waals surface area contributed by atoms with Crippen molar-refractivity contribution in [1.29, 1.82) is 0 Å². The molecule has 6 rings (SSSR count). The molecule has 1 aliphatic rings. The summed E-state index contributed by atoms with van der Waals surface area (Å²) in [6, 6.07) is 34.1. The number of hydrogen-bond donors (Lipinski definition) is 2. The lowest BCUT2D eigenvalue weighted by molar-refractivity contribution is -0.137. The van der Waals surface area contributed by atoms with E-state index in [0.29, 0.717) is 17.9 Å². The number of rotatable bonds is 12. The van der Waals surface area contributed by atoms with E-state index in [9.17, 15) is 15.0 Å². The SMILES string of the molecule is Cc1noc(-c2ccc(-c3ccc(C4(CC(=O)O)CC4)cc3)cc2)c1C(O)CCCc1ccc(Oc2ccccc2)cc1. The van der Waals surface area contributed by atoms with Gasteiger partial charge in [-0.25, -0.2) is 0 Å². The normalized spacial score (nSPS) is 14.3. The van der Waals surface area contributed by atoms with E-state index in [1.54, 1.807) is 0 Å². The standard InChI is InChI=1S/C37H35NO5/c1-25-35(33(39)9-5-6-26-10-20-32(21-11-26)42-31-7-3-2-4-8-31)36(43-38-25)29-14-12-27(13-15-29)28-16-18-30(19-17-28)37(22-23-37)24-34(40)41/h2-4,7-8,10-21,33,39H,5-6,9,22-24H2,1H3,(H,40,41). The zero-order valence-electron chi connectivity index (χ0n) is 24.2. The van der Waals surface area contributed by atoms with Gasteiger partial charge in [0.05, 0.1) is 23.8 Å². The molecule has 1 heterocycles. The summed E-state index contributed by atoms with van der Waals surface area (Å²) in [6.07, 6.45) is 3.59. The van der Waals surface area contributed by atoms with E-state index < -0.39 is 12.1 Å². The smallest absolute Gasteiger partial charge is 0.304 e. The van der Waals surface area contributed by atoms with Gasteiger partial charge in [-0.15, -0.1) is 0 Å². The fourth-order valence-corrected chi connectivity index (χ4v) is 5.81. The van der Waals surface area contributed by atoms with Gasteiger partial charge in [-0.3, -0.25) is 4.79 Å². The molecule has 0 spiro atoms. The summed E-state index contributed by atoms with van der Waals surface area (Å²) in [6.45, 7) is 1.87. The van der Waals surface area contributed by atoms with Crippen molar-refractivity contribution < 1.29 is 24.3 Å². The van der Waals surface area contributed by atoms with Crippen LogP contribution in [0.1, 0.15) is 60.6 Å². The van der Waals surface area contributed by atoms with E-state index in [1.807, 2.05) is 73.7 Å².